The van der Waals surface area contributed by atoms with E-state index in [1.54, 1.807) is 0 Å². The second-order valence-electron chi connectivity index (χ2n) is 14.8. The summed E-state index contributed by atoms with van der Waals surface area (Å²) in [5.74, 6) is -1.79. The van der Waals surface area contributed by atoms with Gasteiger partial charge >= 0.3 is 19.8 Å². The number of allylic oxidation sites excluding steroid dienone is 6. The predicted molar refractivity (Wildman–Crippen MR) is 226 cm³/mol. The molecule has 0 aliphatic carbocycles. The molecular formula is C44H82NO9P. The monoisotopic (exact) mass is 800 g/mol. The number of phosphoric acid groups is 1. The minimum Gasteiger partial charge on any atom is -0.480 e. The van der Waals surface area contributed by atoms with Gasteiger partial charge in [-0.05, 0) is 70.6 Å². The van der Waals surface area contributed by atoms with Crippen molar-refractivity contribution in [3.05, 3.63) is 36.5 Å². The van der Waals surface area contributed by atoms with Crippen molar-refractivity contribution in [2.24, 2.45) is 5.73 Å². The van der Waals surface area contributed by atoms with Gasteiger partial charge < -0.3 is 25.2 Å². The molecule has 0 aliphatic heterocycles. The number of carboxylic acid groups (broad SMARTS) is 1. The van der Waals surface area contributed by atoms with Crippen molar-refractivity contribution in [2.75, 3.05) is 26.4 Å². The van der Waals surface area contributed by atoms with Crippen LogP contribution in [0.15, 0.2) is 36.5 Å². The number of unbranched alkanes of at least 4 members (excludes halogenated alkanes) is 22. The van der Waals surface area contributed by atoms with E-state index < -0.39 is 45.1 Å². The van der Waals surface area contributed by atoms with Crippen LogP contribution in [0.2, 0.25) is 0 Å². The van der Waals surface area contributed by atoms with Crippen LogP contribution in [0.4, 0.5) is 0 Å². The van der Waals surface area contributed by atoms with Crippen LogP contribution in [0.25, 0.3) is 0 Å². The maximum atomic E-state index is 12.6. The first-order valence-corrected chi connectivity index (χ1v) is 23.5. The summed E-state index contributed by atoms with van der Waals surface area (Å²) >= 11 is 0. The summed E-state index contributed by atoms with van der Waals surface area (Å²) < 4.78 is 33.3. The molecule has 3 unspecified atom stereocenters. The largest absolute Gasteiger partial charge is 0.480 e. The normalized spacial score (nSPS) is 14.3. The molecule has 55 heavy (non-hydrogen) atoms. The van der Waals surface area contributed by atoms with Gasteiger partial charge in [0.25, 0.3) is 0 Å². The molecule has 322 valence electrons. The van der Waals surface area contributed by atoms with Gasteiger partial charge in [0.15, 0.2) is 0 Å². The number of carbonyl (C=O) groups excluding carboxylic acids is 1. The highest BCUT2D eigenvalue weighted by atomic mass is 31.2. The fraction of sp³-hybridized carbons (Fsp3) is 0.818. The fourth-order valence-electron chi connectivity index (χ4n) is 5.92. The Kier molecular flexibility index (Phi) is 39.1. The Morgan fingerprint density at radius 3 is 1.53 bits per heavy atom. The van der Waals surface area contributed by atoms with Crippen LogP contribution in [-0.4, -0.2) is 60.5 Å². The second kappa shape index (κ2) is 40.4. The van der Waals surface area contributed by atoms with Crippen LogP contribution in [-0.2, 0) is 32.7 Å². The molecule has 0 aromatic carbocycles. The van der Waals surface area contributed by atoms with E-state index >= 15 is 0 Å². The van der Waals surface area contributed by atoms with Crippen molar-refractivity contribution >= 4 is 19.8 Å². The third kappa shape index (κ3) is 40.2. The molecule has 11 heteroatoms. The lowest BCUT2D eigenvalue weighted by atomic mass is 10.1. The van der Waals surface area contributed by atoms with Crippen molar-refractivity contribution in [3.8, 4) is 0 Å². The van der Waals surface area contributed by atoms with Crippen LogP contribution in [0.1, 0.15) is 194 Å². The predicted octanol–water partition coefficient (Wildman–Crippen LogP) is 12.1. The molecule has 0 spiro atoms. The molecule has 10 nitrogen and oxygen atoms in total. The molecule has 0 aliphatic rings. The molecule has 0 aromatic rings. The van der Waals surface area contributed by atoms with E-state index in [4.69, 9.17) is 29.4 Å². The highest BCUT2D eigenvalue weighted by molar-refractivity contribution is 7.47. The summed E-state index contributed by atoms with van der Waals surface area (Å²) in [4.78, 5) is 33.5. The lowest BCUT2D eigenvalue weighted by molar-refractivity contribution is -0.154. The first-order valence-electron chi connectivity index (χ1n) is 22.0. The summed E-state index contributed by atoms with van der Waals surface area (Å²) in [5.41, 5.74) is 5.35. The zero-order valence-corrected chi connectivity index (χ0v) is 35.9. The number of carboxylic acids is 1. The molecule has 0 amide bonds. The zero-order valence-electron chi connectivity index (χ0n) is 35.0. The van der Waals surface area contributed by atoms with E-state index in [0.717, 1.165) is 57.8 Å². The lowest BCUT2D eigenvalue weighted by Crippen LogP contribution is -2.34. The number of phosphoric ester groups is 1. The Balaban J connectivity index is 4.25. The molecule has 0 fully saturated rings. The fourth-order valence-corrected chi connectivity index (χ4v) is 6.70. The molecule has 0 heterocycles. The third-order valence-corrected chi connectivity index (χ3v) is 10.3. The maximum absolute atomic E-state index is 12.6. The number of hydrogen-bond donors (Lipinski definition) is 3. The van der Waals surface area contributed by atoms with Gasteiger partial charge in [0.2, 0.25) is 0 Å². The molecule has 0 aromatic heterocycles. The van der Waals surface area contributed by atoms with Gasteiger partial charge in [-0.15, -0.1) is 0 Å². The van der Waals surface area contributed by atoms with Crippen molar-refractivity contribution in [3.63, 3.8) is 0 Å². The molecular weight excluding hydrogens is 717 g/mol. The number of rotatable bonds is 42. The summed E-state index contributed by atoms with van der Waals surface area (Å²) in [5, 5.41) is 8.89. The van der Waals surface area contributed by atoms with E-state index in [0.29, 0.717) is 13.0 Å². The number of ether oxygens (including phenoxy) is 2. The van der Waals surface area contributed by atoms with Crippen molar-refractivity contribution in [1.82, 2.24) is 0 Å². The molecule has 0 radical (unpaired) electrons. The molecule has 3 atom stereocenters. The Hall–Kier alpha value is -1.81. The number of esters is 1. The van der Waals surface area contributed by atoms with Crippen LogP contribution in [0, 0.1) is 0 Å². The van der Waals surface area contributed by atoms with E-state index in [2.05, 4.69) is 50.3 Å². The Morgan fingerprint density at radius 2 is 1.00 bits per heavy atom. The van der Waals surface area contributed by atoms with Crippen molar-refractivity contribution in [2.45, 2.75) is 206 Å². The topological polar surface area (TPSA) is 155 Å². The summed E-state index contributed by atoms with van der Waals surface area (Å²) in [6.45, 7) is 3.84. The first kappa shape index (κ1) is 53.2. The third-order valence-electron chi connectivity index (χ3n) is 9.39. The number of carbonyl (C=O) groups is 2. The van der Waals surface area contributed by atoms with Gasteiger partial charge in [-0.3, -0.25) is 18.6 Å². The van der Waals surface area contributed by atoms with Crippen molar-refractivity contribution < 1.29 is 42.7 Å². The van der Waals surface area contributed by atoms with Crippen LogP contribution in [0.5, 0.6) is 0 Å². The Labute approximate surface area is 336 Å². The van der Waals surface area contributed by atoms with Crippen molar-refractivity contribution in [1.29, 1.82) is 0 Å². The Morgan fingerprint density at radius 1 is 0.582 bits per heavy atom. The van der Waals surface area contributed by atoms with Crippen LogP contribution in [0.3, 0.4) is 0 Å². The van der Waals surface area contributed by atoms with Gasteiger partial charge in [0.1, 0.15) is 12.1 Å². The van der Waals surface area contributed by atoms with E-state index in [1.165, 1.54) is 109 Å². The van der Waals surface area contributed by atoms with Gasteiger partial charge in [0, 0.05) is 13.0 Å². The van der Waals surface area contributed by atoms with Gasteiger partial charge in [-0.25, -0.2) is 4.57 Å². The maximum Gasteiger partial charge on any atom is 0.472 e. The average Bonchev–Trinajstić information content (AvgIpc) is 3.16. The van der Waals surface area contributed by atoms with E-state index in [-0.39, 0.29) is 13.0 Å². The SMILES string of the molecule is CCCCC/C=C\C/C=C\CCCCCCCCCC(=O)OC(COCCCCCCCC/C=C\CCCCCCCC)COP(=O)(O)OCC(N)C(=O)O. The quantitative estimate of drug-likeness (QED) is 0.0235. The molecule has 0 saturated carbocycles. The molecule has 0 bridgehead atoms. The highest BCUT2D eigenvalue weighted by Crippen LogP contribution is 2.43. The second-order valence-corrected chi connectivity index (χ2v) is 16.3. The smallest absolute Gasteiger partial charge is 0.472 e. The number of aliphatic carboxylic acids is 1. The number of hydrogen-bond acceptors (Lipinski definition) is 8. The van der Waals surface area contributed by atoms with Gasteiger partial charge in [-0.1, -0.05) is 153 Å². The summed E-state index contributed by atoms with van der Waals surface area (Å²) in [6, 6.07) is -1.47. The standard InChI is InChI=1S/C44H82NO9P/c1-3-5-7-9-11-13-15-17-19-21-22-24-26-28-30-32-34-36-43(46)54-41(39-52-55(49,50)53-40-42(45)44(47)48)38-51-37-35-33-31-29-27-25-23-20-18-16-14-12-10-8-6-4-2/h11,13,17-20,41-42H,3-10,12,14-16,21-40,45H2,1-2H3,(H,47,48)(H,49,50)/b13-11-,19-17-,20-18-. The van der Waals surface area contributed by atoms with Gasteiger partial charge in [0.05, 0.1) is 19.8 Å². The molecule has 0 rings (SSSR count). The number of nitrogens with two attached hydrogens (primary N) is 1. The molecule has 0 saturated heterocycles. The summed E-state index contributed by atoms with van der Waals surface area (Å²) in [7, 11) is -4.62. The lowest BCUT2D eigenvalue weighted by Gasteiger charge is -2.20. The summed E-state index contributed by atoms with van der Waals surface area (Å²) in [6.07, 6.45) is 44.7. The molecule has 4 N–H and O–H groups in total. The van der Waals surface area contributed by atoms with E-state index in [1.807, 2.05) is 0 Å². The minimum atomic E-state index is -4.62. The average molecular weight is 800 g/mol. The van der Waals surface area contributed by atoms with E-state index in [9.17, 15) is 19.0 Å². The van der Waals surface area contributed by atoms with Crippen LogP contribution < -0.4 is 5.73 Å². The first-order chi connectivity index (χ1) is 26.7. The van der Waals surface area contributed by atoms with Gasteiger partial charge in [-0.2, -0.15) is 0 Å². The van der Waals surface area contributed by atoms with Crippen LogP contribution >= 0.6 is 7.82 Å². The zero-order chi connectivity index (χ0) is 40.5. The highest BCUT2D eigenvalue weighted by Gasteiger charge is 2.27. The Bertz CT molecular complexity index is 1020. The minimum absolute atomic E-state index is 0.0103.